The average molecular weight is 810 g/mol. The highest BCUT2D eigenvalue weighted by Gasteiger charge is 2.32. The second-order valence-electron chi connectivity index (χ2n) is 14.8. The van der Waals surface area contributed by atoms with Gasteiger partial charge >= 0.3 is 5.97 Å². The summed E-state index contributed by atoms with van der Waals surface area (Å²) in [5.41, 5.74) is 13.1. The first-order valence-electron chi connectivity index (χ1n) is 18.9. The highest BCUT2D eigenvalue weighted by Crippen LogP contribution is 2.19. The van der Waals surface area contributed by atoms with Crippen LogP contribution in [0.3, 0.4) is 0 Å². The zero-order valence-electron chi connectivity index (χ0n) is 33.2. The second kappa shape index (κ2) is 21.8. The highest BCUT2D eigenvalue weighted by molar-refractivity contribution is 5.96. The number of hydrogen-bond acceptors (Lipinski definition) is 10. The van der Waals surface area contributed by atoms with Gasteiger partial charge in [0.05, 0.1) is 18.9 Å². The molecule has 20 nitrogen and oxygen atoms in total. The maximum Gasteiger partial charge on any atom is 0.326 e. The van der Waals surface area contributed by atoms with E-state index >= 15 is 0 Å². The standard InChI is InChI=1S/C38H55N11O9/c1-19(2)12-29(38(57)58)48-36(55)28(14-23-16-41-18-44-23)46-31(51)17-43-37(56)32(20(3)4)49-33(52)21(5)45-35(54)27(47-34(53)25(39)10-11-30(40)50)13-22-15-42-26-9-7-6-8-24(22)26/h6-9,15-16,18-21,25,27-29,32,42H,10-14,17,39H2,1-5H3,(H2,40,50)(H,41,44)(H,43,56)(H,45,54)(H,46,51)(H,47,53)(H,48,55)(H,49,52)(H,57,58)/t21-,25-,27-,28-,29-,32-/m0/s1. The lowest BCUT2D eigenvalue weighted by Gasteiger charge is -2.26. The minimum absolute atomic E-state index is 0.0139. The largest absolute Gasteiger partial charge is 0.480 e. The molecule has 0 aliphatic heterocycles. The Bertz CT molecular complexity index is 1910. The van der Waals surface area contributed by atoms with E-state index in [4.69, 9.17) is 11.5 Å². The van der Waals surface area contributed by atoms with Crippen molar-refractivity contribution < 1.29 is 43.5 Å². The number of nitrogens with zero attached hydrogens (tertiary/aromatic N) is 1. The van der Waals surface area contributed by atoms with E-state index in [0.29, 0.717) is 11.3 Å². The number of nitrogens with one attached hydrogen (secondary N) is 8. The Kier molecular flexibility index (Phi) is 17.4. The van der Waals surface area contributed by atoms with E-state index in [1.165, 1.54) is 19.4 Å². The van der Waals surface area contributed by atoms with Crippen molar-refractivity contribution in [2.45, 2.75) is 103 Å². The number of H-pyrrole nitrogens is 2. The van der Waals surface area contributed by atoms with Crippen molar-refractivity contribution in [3.63, 3.8) is 0 Å². The summed E-state index contributed by atoms with van der Waals surface area (Å²) >= 11 is 0. The predicted octanol–water partition coefficient (Wildman–Crippen LogP) is -1.38. The molecule has 0 aliphatic carbocycles. The molecule has 58 heavy (non-hydrogen) atoms. The molecule has 7 amide bonds. The van der Waals surface area contributed by atoms with Gasteiger partial charge in [-0.2, -0.15) is 0 Å². The van der Waals surface area contributed by atoms with Gasteiger partial charge in [0.15, 0.2) is 0 Å². The number of primary amides is 1. The van der Waals surface area contributed by atoms with Crippen molar-refractivity contribution in [2.75, 3.05) is 6.54 Å². The van der Waals surface area contributed by atoms with E-state index in [1.807, 2.05) is 24.3 Å². The topological polar surface area (TPSA) is 325 Å². The first kappa shape index (κ1) is 46.1. The van der Waals surface area contributed by atoms with Gasteiger partial charge in [-0.25, -0.2) is 9.78 Å². The quantitative estimate of drug-likeness (QED) is 0.0530. The molecule has 0 spiro atoms. The highest BCUT2D eigenvalue weighted by atomic mass is 16.4. The molecule has 0 unspecified atom stereocenters. The fraction of sp³-hybridized carbons (Fsp3) is 0.500. The van der Waals surface area contributed by atoms with Crippen molar-refractivity contribution in [1.82, 2.24) is 46.9 Å². The van der Waals surface area contributed by atoms with Crippen LogP contribution in [0.1, 0.15) is 65.1 Å². The van der Waals surface area contributed by atoms with Gasteiger partial charge in [0, 0.05) is 48.3 Å². The number of carbonyl (C=O) groups is 8. The summed E-state index contributed by atoms with van der Waals surface area (Å²) in [7, 11) is 0. The zero-order valence-corrected chi connectivity index (χ0v) is 33.2. The predicted molar refractivity (Wildman–Crippen MR) is 211 cm³/mol. The van der Waals surface area contributed by atoms with E-state index in [-0.39, 0.29) is 38.0 Å². The Morgan fingerprint density at radius 3 is 2.05 bits per heavy atom. The lowest BCUT2D eigenvalue weighted by Crippen LogP contribution is -2.58. The normalized spacial score (nSPS) is 14.3. The average Bonchev–Trinajstić information content (AvgIpc) is 3.83. The Labute approximate surface area is 335 Å². The number of imidazole rings is 1. The number of hydrogen-bond donors (Lipinski definition) is 11. The minimum Gasteiger partial charge on any atom is -0.480 e. The number of aliphatic carboxylic acids is 1. The summed E-state index contributed by atoms with van der Waals surface area (Å²) in [6, 6.07) is 0.209. The molecule has 3 aromatic rings. The third-order valence-corrected chi connectivity index (χ3v) is 9.14. The van der Waals surface area contributed by atoms with Gasteiger partial charge < -0.3 is 58.4 Å². The molecule has 0 saturated heterocycles. The Morgan fingerprint density at radius 1 is 0.776 bits per heavy atom. The number of aromatic amines is 2. The summed E-state index contributed by atoms with van der Waals surface area (Å²) in [6.45, 7) is 7.71. The Hall–Kier alpha value is -6.31. The van der Waals surface area contributed by atoms with Crippen molar-refractivity contribution in [2.24, 2.45) is 23.3 Å². The number of para-hydroxylation sites is 1. The molecule has 0 bridgehead atoms. The summed E-state index contributed by atoms with van der Waals surface area (Å²) in [5.74, 6) is -6.83. The van der Waals surface area contributed by atoms with Crippen LogP contribution in [0.5, 0.6) is 0 Å². The van der Waals surface area contributed by atoms with Gasteiger partial charge in [0.2, 0.25) is 41.4 Å². The van der Waals surface area contributed by atoms with Crippen LogP contribution in [0.2, 0.25) is 0 Å². The lowest BCUT2D eigenvalue weighted by molar-refractivity contribution is -0.142. The number of amides is 7. The first-order valence-corrected chi connectivity index (χ1v) is 18.9. The number of benzene rings is 1. The molecule has 2 heterocycles. The summed E-state index contributed by atoms with van der Waals surface area (Å²) in [6.07, 6.45) is 4.45. The molecule has 0 fully saturated rings. The third-order valence-electron chi connectivity index (χ3n) is 9.14. The summed E-state index contributed by atoms with van der Waals surface area (Å²) < 4.78 is 0. The van der Waals surface area contributed by atoms with Gasteiger partial charge in [0.25, 0.3) is 0 Å². The third kappa shape index (κ3) is 14.3. The molecule has 0 radical (unpaired) electrons. The SMILES string of the molecule is CC(C)C[C@H](NC(=O)[C@H](Cc1cnc[nH]1)NC(=O)CNC(=O)[C@@H](NC(=O)[C@H](C)NC(=O)[C@H](Cc1c[nH]c2ccccc12)NC(=O)[C@@H](N)CCC(N)=O)C(C)C)C(=O)O. The van der Waals surface area contributed by atoms with Crippen LogP contribution >= 0.6 is 0 Å². The van der Waals surface area contributed by atoms with Crippen LogP contribution < -0.4 is 43.4 Å². The van der Waals surface area contributed by atoms with E-state index in [2.05, 4.69) is 46.9 Å². The summed E-state index contributed by atoms with van der Waals surface area (Å²) in [4.78, 5) is 112. The van der Waals surface area contributed by atoms with Crippen molar-refractivity contribution in [3.05, 3.63) is 54.2 Å². The van der Waals surface area contributed by atoms with Crippen LogP contribution in [-0.4, -0.2) is 110 Å². The first-order chi connectivity index (χ1) is 27.4. The zero-order chi connectivity index (χ0) is 43.1. The molecule has 0 aliphatic rings. The van der Waals surface area contributed by atoms with Gasteiger partial charge in [-0.1, -0.05) is 45.9 Å². The number of carbonyl (C=O) groups excluding carboxylic acids is 7. The maximum absolute atomic E-state index is 13.6. The molecule has 13 N–H and O–H groups in total. The van der Waals surface area contributed by atoms with Crippen LogP contribution in [0, 0.1) is 11.8 Å². The van der Waals surface area contributed by atoms with Gasteiger partial charge in [-0.3, -0.25) is 33.6 Å². The van der Waals surface area contributed by atoms with Crippen molar-refractivity contribution in [1.29, 1.82) is 0 Å². The molecular formula is C38H55N11O9. The van der Waals surface area contributed by atoms with Gasteiger partial charge in [-0.05, 0) is 43.2 Å². The molecule has 6 atom stereocenters. The molecule has 3 rings (SSSR count). The van der Waals surface area contributed by atoms with E-state index in [0.717, 1.165) is 10.9 Å². The van der Waals surface area contributed by atoms with Gasteiger partial charge in [0.1, 0.15) is 30.2 Å². The molecule has 2 aromatic heterocycles. The number of fused-ring (bicyclic) bond motifs is 1. The van der Waals surface area contributed by atoms with Crippen LogP contribution in [-0.2, 0) is 51.2 Å². The van der Waals surface area contributed by atoms with Crippen molar-refractivity contribution in [3.8, 4) is 0 Å². The molecule has 20 heteroatoms. The number of nitrogens with two attached hydrogens (primary N) is 2. The number of aromatic nitrogens is 3. The van der Waals surface area contributed by atoms with Crippen LogP contribution in [0.15, 0.2) is 43.0 Å². The maximum atomic E-state index is 13.6. The van der Waals surface area contributed by atoms with Gasteiger partial charge in [-0.15, -0.1) is 0 Å². The van der Waals surface area contributed by atoms with E-state index in [1.54, 1.807) is 33.9 Å². The number of carboxylic acid groups (broad SMARTS) is 1. The minimum atomic E-state index is -1.23. The summed E-state index contributed by atoms with van der Waals surface area (Å²) in [5, 5.41) is 25.6. The fourth-order valence-electron chi connectivity index (χ4n) is 5.94. The van der Waals surface area contributed by atoms with E-state index in [9.17, 15) is 43.5 Å². The Balaban J connectivity index is 1.65. The van der Waals surface area contributed by atoms with Crippen molar-refractivity contribution >= 4 is 58.2 Å². The molecular weight excluding hydrogens is 754 g/mol. The lowest BCUT2D eigenvalue weighted by atomic mass is 10.0. The fourth-order valence-corrected chi connectivity index (χ4v) is 5.94. The molecule has 316 valence electrons. The van der Waals surface area contributed by atoms with E-state index < -0.39 is 96.0 Å². The Morgan fingerprint density at radius 2 is 1.43 bits per heavy atom. The second-order valence-corrected chi connectivity index (χ2v) is 14.8. The smallest absolute Gasteiger partial charge is 0.326 e. The number of carboxylic acids is 1. The molecule has 0 saturated carbocycles. The van der Waals surface area contributed by atoms with Crippen LogP contribution in [0.25, 0.3) is 10.9 Å². The number of rotatable bonds is 23. The molecule has 1 aromatic carbocycles. The monoisotopic (exact) mass is 809 g/mol. The van der Waals surface area contributed by atoms with Crippen LogP contribution in [0.4, 0.5) is 0 Å².